The Kier molecular flexibility index (Phi) is 26.7. The molecule has 1 N–H and O–H groups in total. The Labute approximate surface area is 469 Å². The molecule has 2 aliphatic heterocycles. The van der Waals surface area contributed by atoms with E-state index in [2.05, 4.69) is 113 Å². The Balaban J connectivity index is 1.22. The Morgan fingerprint density at radius 2 is 1.15 bits per heavy atom. The molecule has 0 bridgehead atoms. The van der Waals surface area contributed by atoms with E-state index in [0.717, 1.165) is 59.2 Å². The second-order valence-corrected chi connectivity index (χ2v) is 31.1. The van der Waals surface area contributed by atoms with Gasteiger partial charge < -0.3 is 47.4 Å². The van der Waals surface area contributed by atoms with Crippen LogP contribution in [-0.2, 0) is 50.8 Å². The first kappa shape index (κ1) is 62.1. The number of ether oxygens (including phenoxy) is 8. The number of hydrogen-bond donors (Lipinski definition) is 1. The predicted molar refractivity (Wildman–Crippen MR) is 318 cm³/mol. The molecule has 4 aromatic carbocycles. The average molecular weight is 1130 g/mol. The summed E-state index contributed by atoms with van der Waals surface area (Å²) < 4.78 is 56.8. The summed E-state index contributed by atoms with van der Waals surface area (Å²) in [4.78, 5) is 0. The molecule has 6 rings (SSSR count). The van der Waals surface area contributed by atoms with Crippen LogP contribution in [0.25, 0.3) is 0 Å². The molecule has 0 amide bonds. The van der Waals surface area contributed by atoms with Crippen LogP contribution in [0.1, 0.15) is 97.6 Å². The fraction of sp³-hybridized carbons (Fsp3) is 0.600. The van der Waals surface area contributed by atoms with Gasteiger partial charge in [0.15, 0.2) is 0 Å². The highest BCUT2D eigenvalue weighted by atomic mass is 32.2. The molecule has 75 heavy (non-hydrogen) atoms. The van der Waals surface area contributed by atoms with Gasteiger partial charge in [-0.25, -0.2) is 0 Å². The predicted octanol–water partition coefficient (Wildman–Crippen LogP) is 12.2. The number of benzene rings is 4. The SMILES string of the molecule is CCOCO[C@H](CO[Si](c1ccccc1)(c1ccccc1)C(C)(C)C)C[C@@H](CC1([C@H](O)C[C@H](C)C2(C[C@H](OCc3ccccc3)[C@H](CCOCc3ccc(OC)cc3)OCOCC)SCCCS2)SCCCS1)OC. The zero-order valence-corrected chi connectivity index (χ0v) is 50.4. The van der Waals surface area contributed by atoms with Crippen molar-refractivity contribution in [3.63, 3.8) is 0 Å². The second-order valence-electron chi connectivity index (χ2n) is 20.6. The number of thioether (sulfide) groups is 4. The van der Waals surface area contributed by atoms with Crippen molar-refractivity contribution in [2.24, 2.45) is 5.92 Å². The summed E-state index contributed by atoms with van der Waals surface area (Å²) in [7, 11) is 0.626. The molecule has 2 fully saturated rings. The van der Waals surface area contributed by atoms with E-state index in [0.29, 0.717) is 65.3 Å². The number of aliphatic hydroxyl groups is 1. The molecule has 15 heteroatoms. The van der Waals surface area contributed by atoms with E-state index < -0.39 is 18.5 Å². The maximum absolute atomic E-state index is 13.0. The van der Waals surface area contributed by atoms with Gasteiger partial charge in [-0.2, -0.15) is 0 Å². The third-order valence-electron chi connectivity index (χ3n) is 14.4. The number of methoxy groups -OCH3 is 2. The van der Waals surface area contributed by atoms with Gasteiger partial charge in [0.1, 0.15) is 19.3 Å². The lowest BCUT2D eigenvalue weighted by atomic mass is 9.90. The Morgan fingerprint density at radius 3 is 1.69 bits per heavy atom. The van der Waals surface area contributed by atoms with Crippen molar-refractivity contribution >= 4 is 65.7 Å². The zero-order chi connectivity index (χ0) is 53.4. The molecule has 0 saturated carbocycles. The summed E-state index contributed by atoms with van der Waals surface area (Å²) in [5, 5.41) is 15.2. The molecular weight excluding hydrogens is 1040 g/mol. The van der Waals surface area contributed by atoms with E-state index in [1.165, 1.54) is 10.4 Å². The molecule has 0 aromatic heterocycles. The van der Waals surface area contributed by atoms with E-state index in [-0.39, 0.29) is 53.0 Å². The van der Waals surface area contributed by atoms with Gasteiger partial charge in [0, 0.05) is 39.8 Å². The molecule has 4 aromatic rings. The Bertz CT molecular complexity index is 2090. The van der Waals surface area contributed by atoms with E-state index in [4.69, 9.17) is 42.3 Å². The largest absolute Gasteiger partial charge is 0.497 e. The topological polar surface area (TPSA) is 103 Å². The van der Waals surface area contributed by atoms with E-state index in [9.17, 15) is 5.11 Å². The molecule has 0 spiro atoms. The number of aliphatic hydroxyl groups excluding tert-OH is 1. The minimum atomic E-state index is -2.86. The van der Waals surface area contributed by atoms with Crippen LogP contribution in [0.15, 0.2) is 115 Å². The first-order valence-corrected chi connectivity index (χ1v) is 33.0. The molecule has 10 nitrogen and oxygen atoms in total. The third-order valence-corrected chi connectivity index (χ3v) is 26.8. The molecular formula is C60H88O10S4Si. The third kappa shape index (κ3) is 18.2. The number of rotatable bonds is 34. The lowest BCUT2D eigenvalue weighted by Gasteiger charge is -2.47. The first-order valence-electron chi connectivity index (χ1n) is 27.2. The van der Waals surface area contributed by atoms with Crippen LogP contribution in [0.2, 0.25) is 5.04 Å². The van der Waals surface area contributed by atoms with Crippen LogP contribution in [0, 0.1) is 5.92 Å². The van der Waals surface area contributed by atoms with E-state index in [1.54, 1.807) is 7.11 Å². The van der Waals surface area contributed by atoms with Crippen molar-refractivity contribution < 1.29 is 47.4 Å². The van der Waals surface area contributed by atoms with E-state index >= 15 is 0 Å². The van der Waals surface area contributed by atoms with Crippen LogP contribution in [0.5, 0.6) is 5.75 Å². The molecule has 416 valence electrons. The molecule has 2 saturated heterocycles. The summed E-state index contributed by atoms with van der Waals surface area (Å²) in [5.74, 6) is 5.02. The van der Waals surface area contributed by atoms with Crippen molar-refractivity contribution in [1.82, 2.24) is 0 Å². The smallest absolute Gasteiger partial charge is 0.261 e. The molecule has 0 unspecified atom stereocenters. The quantitative estimate of drug-likeness (QED) is 0.0273. The van der Waals surface area contributed by atoms with Gasteiger partial charge in [0.05, 0.1) is 65.6 Å². The highest BCUT2D eigenvalue weighted by Gasteiger charge is 2.52. The van der Waals surface area contributed by atoms with Gasteiger partial charge in [-0.3, -0.25) is 0 Å². The van der Waals surface area contributed by atoms with E-state index in [1.807, 2.05) is 98.3 Å². The van der Waals surface area contributed by atoms with Gasteiger partial charge in [-0.05, 0) is 114 Å². The van der Waals surface area contributed by atoms with Gasteiger partial charge in [-0.15, -0.1) is 47.0 Å². The van der Waals surface area contributed by atoms with Crippen LogP contribution in [0.3, 0.4) is 0 Å². The van der Waals surface area contributed by atoms with Crippen molar-refractivity contribution in [2.45, 2.75) is 143 Å². The van der Waals surface area contributed by atoms with Crippen LogP contribution in [-0.4, -0.2) is 129 Å². The molecule has 2 aliphatic rings. The Morgan fingerprint density at radius 1 is 0.600 bits per heavy atom. The van der Waals surface area contributed by atoms with Gasteiger partial charge in [-0.1, -0.05) is 131 Å². The molecule has 0 aliphatic carbocycles. The molecule has 0 radical (unpaired) electrons. The maximum atomic E-state index is 13.0. The summed E-state index contributed by atoms with van der Waals surface area (Å²) in [6, 6.07) is 39.9. The summed E-state index contributed by atoms with van der Waals surface area (Å²) in [6.45, 7) is 16.5. The zero-order valence-electron chi connectivity index (χ0n) is 46.1. The summed E-state index contributed by atoms with van der Waals surface area (Å²) in [6.07, 6.45) is 3.85. The molecule has 6 atom stereocenters. The van der Waals surface area contributed by atoms with Crippen LogP contribution < -0.4 is 15.1 Å². The second kappa shape index (κ2) is 32.3. The first-order chi connectivity index (χ1) is 36.4. The van der Waals surface area contributed by atoms with Gasteiger partial charge in [0.25, 0.3) is 8.32 Å². The fourth-order valence-electron chi connectivity index (χ4n) is 10.3. The van der Waals surface area contributed by atoms with Gasteiger partial charge in [0.2, 0.25) is 0 Å². The minimum absolute atomic E-state index is 0.132. The summed E-state index contributed by atoms with van der Waals surface area (Å²) in [5.41, 5.74) is 2.20. The Hall–Kier alpha value is -2.06. The standard InChI is InChI=1S/C60H88O10S4Si/c1-9-64-45-68-52(44-70-75(58(4,5)6,53-24-16-12-17-25-53)54-26-18-13-19-27-54)39-51(63-8)40-60(73-36-21-37-74-60)57(61)38-47(3)59(71-34-20-35-72-59)41-56(67-43-48-22-14-11-15-23-48)55(69-46-65-10-2)32-33-66-42-49-28-30-50(62-7)31-29-49/h11-19,22-31,47,51-52,55-57,61H,9-10,20-21,32-46H2,1-8H3/t47-,51-,52-,55-,56-,57+/m0/s1. The molecule has 2 heterocycles. The highest BCUT2D eigenvalue weighted by molar-refractivity contribution is 8.19. The van der Waals surface area contributed by atoms with Crippen molar-refractivity contribution in [1.29, 1.82) is 0 Å². The monoisotopic (exact) mass is 1120 g/mol. The summed E-state index contributed by atoms with van der Waals surface area (Å²) >= 11 is 7.90. The average Bonchev–Trinajstić information content (AvgIpc) is 3.43. The normalized spacial score (nSPS) is 18.4. The van der Waals surface area contributed by atoms with Crippen LogP contribution in [0.4, 0.5) is 0 Å². The minimum Gasteiger partial charge on any atom is -0.497 e. The lowest BCUT2D eigenvalue weighted by molar-refractivity contribution is -0.148. The highest BCUT2D eigenvalue weighted by Crippen LogP contribution is 2.56. The van der Waals surface area contributed by atoms with Gasteiger partial charge >= 0.3 is 0 Å². The maximum Gasteiger partial charge on any atom is 0.261 e. The van der Waals surface area contributed by atoms with Crippen molar-refractivity contribution in [3.05, 3.63) is 126 Å². The lowest BCUT2D eigenvalue weighted by Crippen LogP contribution is -2.67. The number of hydrogen-bond acceptors (Lipinski definition) is 14. The van der Waals surface area contributed by atoms with Crippen LogP contribution >= 0.6 is 47.0 Å². The van der Waals surface area contributed by atoms with Crippen molar-refractivity contribution in [3.8, 4) is 5.75 Å². The fourth-order valence-corrected chi connectivity index (χ4v) is 21.9. The van der Waals surface area contributed by atoms with Crippen molar-refractivity contribution in [2.75, 3.05) is 77.2 Å².